The normalized spacial score (nSPS) is 17.0. The van der Waals surface area contributed by atoms with Crippen molar-refractivity contribution in [3.05, 3.63) is 48.0 Å². The summed E-state index contributed by atoms with van der Waals surface area (Å²) in [5.74, 6) is -0.538. The lowest BCUT2D eigenvalue weighted by Gasteiger charge is -2.29. The second kappa shape index (κ2) is 10.2. The fourth-order valence-corrected chi connectivity index (χ4v) is 4.15. The second-order valence-electron chi connectivity index (χ2n) is 7.93. The molecule has 0 aromatic heterocycles. The minimum atomic E-state index is -0.697. The van der Waals surface area contributed by atoms with Crippen LogP contribution in [-0.2, 0) is 20.8 Å². The van der Waals surface area contributed by atoms with E-state index >= 15 is 0 Å². The van der Waals surface area contributed by atoms with Crippen LogP contribution in [0.25, 0.3) is 10.8 Å². The number of nitrogens with zero attached hydrogens (tertiary/aromatic N) is 1. The lowest BCUT2D eigenvalue weighted by atomic mass is 9.98. The Labute approximate surface area is 178 Å². The van der Waals surface area contributed by atoms with Crippen LogP contribution in [0, 0.1) is 0 Å². The molecule has 0 aliphatic carbocycles. The summed E-state index contributed by atoms with van der Waals surface area (Å²) in [5, 5.41) is 7.93. The Morgan fingerprint density at radius 3 is 2.67 bits per heavy atom. The van der Waals surface area contributed by atoms with Crippen molar-refractivity contribution < 1.29 is 14.4 Å². The predicted octanol–water partition coefficient (Wildman–Crippen LogP) is 2.79. The molecule has 3 rings (SSSR count). The van der Waals surface area contributed by atoms with E-state index in [1.807, 2.05) is 42.5 Å². The van der Waals surface area contributed by atoms with Crippen LogP contribution < -0.4 is 10.6 Å². The Kier molecular flexibility index (Phi) is 7.44. The zero-order chi connectivity index (χ0) is 21.5. The number of unbranched alkanes of at least 4 members (excludes halogenated alkanes) is 1. The van der Waals surface area contributed by atoms with Gasteiger partial charge in [0.1, 0.15) is 12.1 Å². The van der Waals surface area contributed by atoms with Crippen molar-refractivity contribution in [3.63, 3.8) is 0 Å². The van der Waals surface area contributed by atoms with Crippen molar-refractivity contribution >= 4 is 28.5 Å². The van der Waals surface area contributed by atoms with E-state index < -0.39 is 12.1 Å². The minimum Gasteiger partial charge on any atom is -0.354 e. The van der Waals surface area contributed by atoms with Crippen LogP contribution in [-0.4, -0.2) is 47.8 Å². The van der Waals surface area contributed by atoms with Gasteiger partial charge in [0.2, 0.25) is 17.7 Å². The quantitative estimate of drug-likeness (QED) is 0.658. The number of hydrogen-bond donors (Lipinski definition) is 2. The standard InChI is InChI=1S/C24H31N3O3/c1-3-4-14-25-23(29)22-13-8-15-27(22)24(30)21(26-17(2)28)16-19-11-7-10-18-9-5-6-12-20(18)19/h5-7,9-12,21-22H,3-4,8,13-16H2,1-2H3,(H,25,29)(H,26,28)/t21-,22-/m0/s1. The largest absolute Gasteiger partial charge is 0.354 e. The van der Waals surface area contributed by atoms with E-state index in [1.165, 1.54) is 6.92 Å². The second-order valence-corrected chi connectivity index (χ2v) is 7.93. The monoisotopic (exact) mass is 409 g/mol. The van der Waals surface area contributed by atoms with E-state index in [4.69, 9.17) is 0 Å². The molecule has 1 aliphatic heterocycles. The van der Waals surface area contributed by atoms with Gasteiger partial charge in [-0.1, -0.05) is 55.8 Å². The number of likely N-dealkylation sites (tertiary alicyclic amines) is 1. The van der Waals surface area contributed by atoms with Crippen LogP contribution >= 0.6 is 0 Å². The van der Waals surface area contributed by atoms with E-state index in [1.54, 1.807) is 4.90 Å². The summed E-state index contributed by atoms with van der Waals surface area (Å²) in [7, 11) is 0. The molecule has 0 spiro atoms. The number of amides is 3. The van der Waals surface area contributed by atoms with Crippen molar-refractivity contribution in [2.75, 3.05) is 13.1 Å². The lowest BCUT2D eigenvalue weighted by molar-refractivity contribution is -0.141. The summed E-state index contributed by atoms with van der Waals surface area (Å²) in [6, 6.07) is 12.8. The highest BCUT2D eigenvalue weighted by molar-refractivity contribution is 5.93. The van der Waals surface area contributed by atoms with Crippen molar-refractivity contribution in [1.82, 2.24) is 15.5 Å². The molecule has 1 fully saturated rings. The Morgan fingerprint density at radius 2 is 1.90 bits per heavy atom. The molecule has 30 heavy (non-hydrogen) atoms. The Bertz CT molecular complexity index is 906. The van der Waals surface area contributed by atoms with Gasteiger partial charge in [-0.15, -0.1) is 0 Å². The van der Waals surface area contributed by atoms with E-state index in [9.17, 15) is 14.4 Å². The first kappa shape index (κ1) is 21.8. The van der Waals surface area contributed by atoms with Gasteiger partial charge in [0.25, 0.3) is 0 Å². The van der Waals surface area contributed by atoms with Gasteiger partial charge in [-0.2, -0.15) is 0 Å². The molecule has 1 aliphatic rings. The molecule has 2 aromatic rings. The smallest absolute Gasteiger partial charge is 0.246 e. The van der Waals surface area contributed by atoms with E-state index in [0.29, 0.717) is 25.9 Å². The van der Waals surface area contributed by atoms with Gasteiger partial charge < -0.3 is 15.5 Å². The number of carbonyl (C=O) groups excluding carboxylic acids is 3. The van der Waals surface area contributed by atoms with E-state index in [2.05, 4.69) is 17.6 Å². The average Bonchev–Trinajstić information content (AvgIpc) is 3.23. The fraction of sp³-hybridized carbons (Fsp3) is 0.458. The molecule has 0 unspecified atom stereocenters. The number of nitrogens with one attached hydrogen (secondary N) is 2. The van der Waals surface area contributed by atoms with Gasteiger partial charge in [0.15, 0.2) is 0 Å². The molecule has 1 saturated heterocycles. The number of hydrogen-bond acceptors (Lipinski definition) is 3. The third kappa shape index (κ3) is 5.17. The molecule has 0 radical (unpaired) electrons. The summed E-state index contributed by atoms with van der Waals surface area (Å²) in [6.07, 6.45) is 3.76. The molecule has 160 valence electrons. The first-order chi connectivity index (χ1) is 14.5. The molecule has 2 atom stereocenters. The van der Waals surface area contributed by atoms with Crippen LogP contribution in [0.2, 0.25) is 0 Å². The van der Waals surface area contributed by atoms with Gasteiger partial charge in [-0.3, -0.25) is 14.4 Å². The van der Waals surface area contributed by atoms with Gasteiger partial charge in [0.05, 0.1) is 0 Å². The van der Waals surface area contributed by atoms with Crippen LogP contribution in [0.15, 0.2) is 42.5 Å². The van der Waals surface area contributed by atoms with E-state index in [0.717, 1.165) is 35.6 Å². The molecule has 0 bridgehead atoms. The Balaban J connectivity index is 1.79. The molecular weight excluding hydrogens is 378 g/mol. The lowest BCUT2D eigenvalue weighted by Crippen LogP contribution is -2.54. The van der Waals surface area contributed by atoms with Crippen molar-refractivity contribution in [2.24, 2.45) is 0 Å². The molecule has 0 saturated carbocycles. The van der Waals surface area contributed by atoms with Crippen LogP contribution in [0.1, 0.15) is 45.1 Å². The zero-order valence-corrected chi connectivity index (χ0v) is 17.8. The molecule has 3 amide bonds. The third-order valence-electron chi connectivity index (χ3n) is 5.65. The van der Waals surface area contributed by atoms with Crippen LogP contribution in [0.4, 0.5) is 0 Å². The summed E-state index contributed by atoms with van der Waals surface area (Å²) in [6.45, 7) is 4.65. The maximum Gasteiger partial charge on any atom is 0.246 e. The first-order valence-electron chi connectivity index (χ1n) is 10.8. The maximum absolute atomic E-state index is 13.4. The molecule has 2 N–H and O–H groups in total. The zero-order valence-electron chi connectivity index (χ0n) is 17.8. The molecule has 1 heterocycles. The van der Waals surface area contributed by atoms with E-state index in [-0.39, 0.29) is 17.7 Å². The Morgan fingerprint density at radius 1 is 1.13 bits per heavy atom. The minimum absolute atomic E-state index is 0.0963. The van der Waals surface area contributed by atoms with Gasteiger partial charge in [-0.05, 0) is 35.6 Å². The van der Waals surface area contributed by atoms with Crippen molar-refractivity contribution in [2.45, 2.75) is 58.0 Å². The summed E-state index contributed by atoms with van der Waals surface area (Å²) in [4.78, 5) is 39.5. The third-order valence-corrected chi connectivity index (χ3v) is 5.65. The molecule has 2 aromatic carbocycles. The fourth-order valence-electron chi connectivity index (χ4n) is 4.15. The number of carbonyl (C=O) groups is 3. The highest BCUT2D eigenvalue weighted by Crippen LogP contribution is 2.23. The Hall–Kier alpha value is -2.89. The van der Waals surface area contributed by atoms with Gasteiger partial charge in [0, 0.05) is 26.4 Å². The molecular formula is C24H31N3O3. The van der Waals surface area contributed by atoms with Crippen molar-refractivity contribution in [1.29, 1.82) is 0 Å². The van der Waals surface area contributed by atoms with Crippen LogP contribution in [0.3, 0.4) is 0 Å². The van der Waals surface area contributed by atoms with Crippen molar-refractivity contribution in [3.8, 4) is 0 Å². The SMILES string of the molecule is CCCCNC(=O)[C@@H]1CCCN1C(=O)[C@H](Cc1cccc2ccccc12)NC(C)=O. The molecule has 6 heteroatoms. The van der Waals surface area contributed by atoms with Gasteiger partial charge in [-0.25, -0.2) is 0 Å². The highest BCUT2D eigenvalue weighted by atomic mass is 16.2. The average molecular weight is 410 g/mol. The summed E-state index contributed by atoms with van der Waals surface area (Å²) < 4.78 is 0. The first-order valence-corrected chi connectivity index (χ1v) is 10.8. The molecule has 6 nitrogen and oxygen atoms in total. The summed E-state index contributed by atoms with van der Waals surface area (Å²) >= 11 is 0. The number of fused-ring (bicyclic) bond motifs is 1. The highest BCUT2D eigenvalue weighted by Gasteiger charge is 2.37. The topological polar surface area (TPSA) is 78.5 Å². The predicted molar refractivity (Wildman–Crippen MR) is 118 cm³/mol. The van der Waals surface area contributed by atoms with Crippen LogP contribution in [0.5, 0.6) is 0 Å². The number of rotatable bonds is 8. The van der Waals surface area contributed by atoms with Gasteiger partial charge >= 0.3 is 0 Å². The maximum atomic E-state index is 13.4. The number of benzene rings is 2. The summed E-state index contributed by atoms with van der Waals surface area (Å²) in [5.41, 5.74) is 1.00.